The summed E-state index contributed by atoms with van der Waals surface area (Å²) in [5, 5.41) is 0. The van der Waals surface area contributed by atoms with Gasteiger partial charge in [-0.05, 0) is 30.2 Å². The zero-order valence-electron chi connectivity index (χ0n) is 11.2. The van der Waals surface area contributed by atoms with E-state index in [2.05, 4.69) is 0 Å². The van der Waals surface area contributed by atoms with Gasteiger partial charge in [0.1, 0.15) is 5.76 Å². The molecule has 4 nitrogen and oxygen atoms in total. The van der Waals surface area contributed by atoms with Crippen LogP contribution in [0.4, 0.5) is 0 Å². The molecule has 0 aliphatic carbocycles. The fraction of sp³-hybridized carbons (Fsp3) is 0.267. The highest BCUT2D eigenvalue weighted by atomic mass is 16.3. The fourth-order valence-corrected chi connectivity index (χ4v) is 1.94. The minimum atomic E-state index is -0.119. The van der Waals surface area contributed by atoms with E-state index in [1.807, 2.05) is 31.2 Å². The molecule has 0 atom stereocenters. The first-order valence-corrected chi connectivity index (χ1v) is 6.20. The van der Waals surface area contributed by atoms with Gasteiger partial charge < -0.3 is 15.1 Å². The van der Waals surface area contributed by atoms with Crippen molar-refractivity contribution < 1.29 is 9.21 Å². The Labute approximate surface area is 112 Å². The lowest BCUT2D eigenvalue weighted by atomic mass is 10.1. The number of rotatable bonds is 4. The minimum Gasteiger partial charge on any atom is -0.456 e. The zero-order valence-corrected chi connectivity index (χ0v) is 11.2. The van der Waals surface area contributed by atoms with Crippen molar-refractivity contribution in [2.75, 3.05) is 7.05 Å². The van der Waals surface area contributed by atoms with E-state index in [1.165, 1.54) is 0 Å². The van der Waals surface area contributed by atoms with Crippen LogP contribution in [0.3, 0.4) is 0 Å². The van der Waals surface area contributed by atoms with Crippen molar-refractivity contribution in [1.29, 1.82) is 0 Å². The van der Waals surface area contributed by atoms with Gasteiger partial charge in [-0.2, -0.15) is 0 Å². The second kappa shape index (κ2) is 5.71. The number of benzene rings is 1. The molecule has 4 heteroatoms. The average Bonchev–Trinajstić information content (AvgIpc) is 2.84. The molecule has 1 amide bonds. The van der Waals surface area contributed by atoms with E-state index in [-0.39, 0.29) is 5.91 Å². The molecule has 0 fully saturated rings. The smallest absolute Gasteiger partial charge is 0.289 e. The molecule has 2 rings (SSSR count). The molecule has 0 saturated carbocycles. The van der Waals surface area contributed by atoms with Gasteiger partial charge >= 0.3 is 0 Å². The van der Waals surface area contributed by atoms with Crippen LogP contribution in [0.1, 0.15) is 27.4 Å². The molecule has 0 saturated heterocycles. The maximum atomic E-state index is 12.1. The van der Waals surface area contributed by atoms with E-state index < -0.39 is 0 Å². The van der Waals surface area contributed by atoms with Gasteiger partial charge in [-0.3, -0.25) is 4.79 Å². The number of nitrogens with zero attached hydrogens (tertiary/aromatic N) is 1. The maximum absolute atomic E-state index is 12.1. The molecule has 19 heavy (non-hydrogen) atoms. The van der Waals surface area contributed by atoms with Crippen LogP contribution in [0, 0.1) is 6.92 Å². The largest absolute Gasteiger partial charge is 0.456 e. The Balaban J connectivity index is 2.07. The number of carbonyl (C=O) groups excluding carboxylic acids is 1. The summed E-state index contributed by atoms with van der Waals surface area (Å²) in [7, 11) is 1.76. The molecular weight excluding hydrogens is 240 g/mol. The van der Waals surface area contributed by atoms with Gasteiger partial charge in [0, 0.05) is 20.1 Å². The number of amides is 1. The van der Waals surface area contributed by atoms with Gasteiger partial charge in [-0.25, -0.2) is 0 Å². The van der Waals surface area contributed by atoms with Crippen LogP contribution >= 0.6 is 0 Å². The van der Waals surface area contributed by atoms with Crippen LogP contribution in [0.2, 0.25) is 0 Å². The summed E-state index contributed by atoms with van der Waals surface area (Å²) in [6.07, 6.45) is 0. The Morgan fingerprint density at radius 3 is 2.63 bits per heavy atom. The third kappa shape index (κ3) is 3.23. The Morgan fingerprint density at radius 2 is 2.00 bits per heavy atom. The number of hydrogen-bond donors (Lipinski definition) is 1. The monoisotopic (exact) mass is 258 g/mol. The Kier molecular flexibility index (Phi) is 4.02. The lowest BCUT2D eigenvalue weighted by molar-refractivity contribution is 0.0752. The predicted octanol–water partition coefficient (Wildman–Crippen LogP) is 2.32. The highest BCUT2D eigenvalue weighted by Crippen LogP contribution is 2.12. The van der Waals surface area contributed by atoms with Gasteiger partial charge in [0.25, 0.3) is 5.91 Å². The van der Waals surface area contributed by atoms with Crippen LogP contribution in [-0.4, -0.2) is 17.9 Å². The van der Waals surface area contributed by atoms with Gasteiger partial charge in [0.15, 0.2) is 5.76 Å². The van der Waals surface area contributed by atoms with E-state index in [0.29, 0.717) is 18.8 Å². The maximum Gasteiger partial charge on any atom is 0.289 e. The summed E-state index contributed by atoms with van der Waals surface area (Å²) in [4.78, 5) is 13.8. The first-order chi connectivity index (χ1) is 9.10. The Bertz CT molecular complexity index is 575. The summed E-state index contributed by atoms with van der Waals surface area (Å²) < 4.78 is 5.34. The SMILES string of the molecule is Cc1ccc(C(=O)N(C)Cc2cccc(CN)c2)o1. The molecule has 1 aromatic heterocycles. The third-order valence-electron chi connectivity index (χ3n) is 2.94. The topological polar surface area (TPSA) is 59.5 Å². The minimum absolute atomic E-state index is 0.119. The first-order valence-electron chi connectivity index (χ1n) is 6.20. The van der Waals surface area contributed by atoms with Gasteiger partial charge in [-0.1, -0.05) is 24.3 Å². The van der Waals surface area contributed by atoms with Crippen LogP contribution < -0.4 is 5.73 Å². The molecule has 0 aliphatic rings. The standard InChI is InChI=1S/C15H18N2O2/c1-11-6-7-14(19-11)15(18)17(2)10-13-5-3-4-12(8-13)9-16/h3-8H,9-10,16H2,1-2H3. The zero-order chi connectivity index (χ0) is 13.8. The quantitative estimate of drug-likeness (QED) is 0.915. The number of furan rings is 1. The van der Waals surface area contributed by atoms with Crippen molar-refractivity contribution in [3.63, 3.8) is 0 Å². The van der Waals surface area contributed by atoms with Crippen molar-refractivity contribution in [1.82, 2.24) is 4.90 Å². The third-order valence-corrected chi connectivity index (χ3v) is 2.94. The van der Waals surface area contributed by atoms with E-state index in [1.54, 1.807) is 24.1 Å². The predicted molar refractivity (Wildman–Crippen MR) is 73.6 cm³/mol. The van der Waals surface area contributed by atoms with Crippen LogP contribution in [-0.2, 0) is 13.1 Å². The molecule has 0 spiro atoms. The normalized spacial score (nSPS) is 10.5. The number of hydrogen-bond acceptors (Lipinski definition) is 3. The molecule has 0 bridgehead atoms. The molecule has 1 heterocycles. The lowest BCUT2D eigenvalue weighted by Crippen LogP contribution is -2.25. The van der Waals surface area contributed by atoms with Gasteiger partial charge in [0.05, 0.1) is 0 Å². The fourth-order valence-electron chi connectivity index (χ4n) is 1.94. The summed E-state index contributed by atoms with van der Waals surface area (Å²) in [5.74, 6) is 0.989. The van der Waals surface area contributed by atoms with Crippen molar-refractivity contribution >= 4 is 5.91 Å². The highest BCUT2D eigenvalue weighted by molar-refractivity contribution is 5.91. The molecule has 0 aliphatic heterocycles. The van der Waals surface area contributed by atoms with Crippen LogP contribution in [0.15, 0.2) is 40.8 Å². The van der Waals surface area contributed by atoms with Crippen molar-refractivity contribution in [2.24, 2.45) is 5.73 Å². The number of carbonyl (C=O) groups is 1. The molecule has 0 radical (unpaired) electrons. The molecule has 2 N–H and O–H groups in total. The summed E-state index contributed by atoms with van der Waals surface area (Å²) in [6, 6.07) is 11.4. The molecule has 0 unspecified atom stereocenters. The average molecular weight is 258 g/mol. The summed E-state index contributed by atoms with van der Waals surface area (Å²) >= 11 is 0. The van der Waals surface area contributed by atoms with E-state index >= 15 is 0 Å². The number of aryl methyl sites for hydroxylation is 1. The van der Waals surface area contributed by atoms with Crippen molar-refractivity contribution in [3.05, 3.63) is 59.0 Å². The van der Waals surface area contributed by atoms with Crippen LogP contribution in [0.25, 0.3) is 0 Å². The second-order valence-corrected chi connectivity index (χ2v) is 4.60. The highest BCUT2D eigenvalue weighted by Gasteiger charge is 2.15. The number of nitrogens with two attached hydrogens (primary N) is 1. The molecule has 1 aromatic carbocycles. The first kappa shape index (κ1) is 13.4. The molecule has 100 valence electrons. The van der Waals surface area contributed by atoms with Gasteiger partial charge in [0.2, 0.25) is 0 Å². The second-order valence-electron chi connectivity index (χ2n) is 4.60. The summed E-state index contributed by atoms with van der Waals surface area (Å²) in [5.41, 5.74) is 7.73. The van der Waals surface area contributed by atoms with Crippen LogP contribution in [0.5, 0.6) is 0 Å². The van der Waals surface area contributed by atoms with E-state index in [0.717, 1.165) is 16.9 Å². The Morgan fingerprint density at radius 1 is 1.26 bits per heavy atom. The van der Waals surface area contributed by atoms with E-state index in [4.69, 9.17) is 10.2 Å². The van der Waals surface area contributed by atoms with Crippen molar-refractivity contribution in [3.8, 4) is 0 Å². The lowest BCUT2D eigenvalue weighted by Gasteiger charge is -2.16. The molecular formula is C15H18N2O2. The van der Waals surface area contributed by atoms with E-state index in [9.17, 15) is 4.79 Å². The van der Waals surface area contributed by atoms with Gasteiger partial charge in [-0.15, -0.1) is 0 Å². The molecule has 2 aromatic rings. The summed E-state index contributed by atoms with van der Waals surface area (Å²) in [6.45, 7) is 2.86. The van der Waals surface area contributed by atoms with Crippen molar-refractivity contribution in [2.45, 2.75) is 20.0 Å². The Hall–Kier alpha value is -2.07.